The average Bonchev–Trinajstić information content (AvgIpc) is 2.35. The molecule has 1 fully saturated rings. The number of aryl methyl sites for hydroxylation is 1. The number of anilines is 1. The minimum atomic E-state index is -0.295. The van der Waals surface area contributed by atoms with E-state index >= 15 is 0 Å². The van der Waals surface area contributed by atoms with Crippen molar-refractivity contribution in [1.29, 1.82) is 0 Å². The molecule has 0 bridgehead atoms. The van der Waals surface area contributed by atoms with Crippen molar-refractivity contribution < 1.29 is 9.53 Å². The van der Waals surface area contributed by atoms with Crippen LogP contribution < -0.4 is 5.32 Å². The Morgan fingerprint density at radius 3 is 2.75 bits per heavy atom. The van der Waals surface area contributed by atoms with Crippen LogP contribution in [0.4, 0.5) is 5.69 Å². The highest BCUT2D eigenvalue weighted by Crippen LogP contribution is 2.25. The van der Waals surface area contributed by atoms with Gasteiger partial charge in [0, 0.05) is 25.8 Å². The second kappa shape index (κ2) is 5.44. The minimum absolute atomic E-state index is 0.0607. The smallest absolute Gasteiger partial charge is 0.256 e. The molecule has 1 unspecified atom stereocenters. The average molecular weight is 276 g/mol. The molecule has 0 saturated carbocycles. The van der Waals surface area contributed by atoms with Gasteiger partial charge in [-0.3, -0.25) is 4.79 Å². The first kappa shape index (κ1) is 14.9. The van der Waals surface area contributed by atoms with E-state index in [1.807, 2.05) is 57.8 Å². The maximum absolute atomic E-state index is 12.8. The van der Waals surface area contributed by atoms with Gasteiger partial charge in [-0.15, -0.1) is 0 Å². The normalized spacial score (nSPS) is 21.6. The highest BCUT2D eigenvalue weighted by atomic mass is 16.5. The van der Waals surface area contributed by atoms with E-state index in [-0.39, 0.29) is 17.6 Å². The molecule has 4 nitrogen and oxygen atoms in total. The van der Waals surface area contributed by atoms with Gasteiger partial charge in [-0.2, -0.15) is 0 Å². The van der Waals surface area contributed by atoms with Crippen molar-refractivity contribution in [3.8, 4) is 0 Å². The third kappa shape index (κ3) is 3.12. The van der Waals surface area contributed by atoms with Crippen molar-refractivity contribution in [2.45, 2.75) is 39.4 Å². The molecule has 1 aromatic carbocycles. The molecular weight excluding hydrogens is 252 g/mol. The summed E-state index contributed by atoms with van der Waals surface area (Å²) in [4.78, 5) is 14.7. The summed E-state index contributed by atoms with van der Waals surface area (Å²) >= 11 is 0. The van der Waals surface area contributed by atoms with Gasteiger partial charge in [-0.1, -0.05) is 11.6 Å². The van der Waals surface area contributed by atoms with Crippen LogP contribution in [0.2, 0.25) is 0 Å². The maximum Gasteiger partial charge on any atom is 0.256 e. The van der Waals surface area contributed by atoms with Gasteiger partial charge in [0.25, 0.3) is 5.91 Å². The summed E-state index contributed by atoms with van der Waals surface area (Å²) in [6.45, 7) is 9.32. The maximum atomic E-state index is 12.8. The molecule has 1 N–H and O–H groups in total. The summed E-state index contributed by atoms with van der Waals surface area (Å²) < 4.78 is 5.86. The van der Waals surface area contributed by atoms with E-state index < -0.39 is 0 Å². The Labute approximate surface area is 121 Å². The number of hydrogen-bond donors (Lipinski definition) is 1. The van der Waals surface area contributed by atoms with Gasteiger partial charge in [0.15, 0.2) is 0 Å². The van der Waals surface area contributed by atoms with E-state index in [0.29, 0.717) is 13.1 Å². The van der Waals surface area contributed by atoms with Gasteiger partial charge in [0.05, 0.1) is 17.3 Å². The zero-order valence-corrected chi connectivity index (χ0v) is 13.0. The van der Waals surface area contributed by atoms with E-state index in [9.17, 15) is 4.79 Å². The highest BCUT2D eigenvalue weighted by molar-refractivity contribution is 6.00. The van der Waals surface area contributed by atoms with Crippen LogP contribution in [0, 0.1) is 6.92 Å². The molecule has 0 spiro atoms. The molecule has 1 aromatic rings. The van der Waals surface area contributed by atoms with E-state index in [4.69, 9.17) is 4.74 Å². The van der Waals surface area contributed by atoms with Gasteiger partial charge in [-0.05, 0) is 39.8 Å². The number of rotatable bonds is 2. The fourth-order valence-electron chi connectivity index (χ4n) is 2.83. The summed E-state index contributed by atoms with van der Waals surface area (Å²) in [5, 5.41) is 3.10. The highest BCUT2D eigenvalue weighted by Gasteiger charge is 2.34. The molecule has 1 atom stereocenters. The Bertz CT molecular complexity index is 511. The Hall–Kier alpha value is -1.55. The van der Waals surface area contributed by atoms with Crippen LogP contribution in [-0.2, 0) is 4.74 Å². The summed E-state index contributed by atoms with van der Waals surface area (Å²) in [6, 6.07) is 5.91. The van der Waals surface area contributed by atoms with Gasteiger partial charge in [-0.25, -0.2) is 0 Å². The van der Waals surface area contributed by atoms with Crippen LogP contribution in [0.5, 0.6) is 0 Å². The Balaban J connectivity index is 2.29. The van der Waals surface area contributed by atoms with Gasteiger partial charge in [0.1, 0.15) is 0 Å². The number of ether oxygens (including phenoxy) is 1. The largest absolute Gasteiger partial charge is 0.387 e. The number of nitrogens with one attached hydrogen (secondary N) is 1. The summed E-state index contributed by atoms with van der Waals surface area (Å²) in [5.41, 5.74) is 2.40. The lowest BCUT2D eigenvalue weighted by molar-refractivity contribution is -0.118. The molecule has 1 aliphatic heterocycles. The van der Waals surface area contributed by atoms with E-state index in [1.54, 1.807) is 0 Å². The van der Waals surface area contributed by atoms with Crippen LogP contribution in [-0.4, -0.2) is 42.6 Å². The second-order valence-corrected chi connectivity index (χ2v) is 6.17. The van der Waals surface area contributed by atoms with Crippen LogP contribution in [0.1, 0.15) is 36.7 Å². The second-order valence-electron chi connectivity index (χ2n) is 6.17. The quantitative estimate of drug-likeness (QED) is 0.903. The standard InChI is InChI=1S/C16H24N2O2/c1-11-6-7-14(17-5)13(8-11)15(19)18-9-12(2)20-16(3,4)10-18/h6-8,12,17H,9-10H2,1-5H3. The number of carbonyl (C=O) groups excluding carboxylic acids is 1. The molecule has 1 heterocycles. The summed E-state index contributed by atoms with van der Waals surface area (Å²) in [6.07, 6.45) is 0.0607. The number of morpholine rings is 1. The van der Waals surface area contributed by atoms with Crippen molar-refractivity contribution in [1.82, 2.24) is 4.90 Å². The van der Waals surface area contributed by atoms with Crippen molar-refractivity contribution in [3.63, 3.8) is 0 Å². The van der Waals surface area contributed by atoms with Crippen molar-refractivity contribution in [3.05, 3.63) is 29.3 Å². The lowest BCUT2D eigenvalue weighted by Crippen LogP contribution is -2.53. The van der Waals surface area contributed by atoms with Crippen molar-refractivity contribution in [2.24, 2.45) is 0 Å². The topological polar surface area (TPSA) is 41.6 Å². The first-order valence-corrected chi connectivity index (χ1v) is 7.08. The van der Waals surface area contributed by atoms with Crippen LogP contribution >= 0.6 is 0 Å². The molecule has 0 radical (unpaired) electrons. The number of hydrogen-bond acceptors (Lipinski definition) is 3. The monoisotopic (exact) mass is 276 g/mol. The minimum Gasteiger partial charge on any atom is -0.387 e. The third-order valence-corrected chi connectivity index (χ3v) is 3.53. The van der Waals surface area contributed by atoms with E-state index in [1.165, 1.54) is 0 Å². The van der Waals surface area contributed by atoms with E-state index in [0.717, 1.165) is 16.8 Å². The molecule has 1 amide bonds. The lowest BCUT2D eigenvalue weighted by atomic mass is 10.0. The molecule has 110 valence electrons. The van der Waals surface area contributed by atoms with Crippen molar-refractivity contribution in [2.75, 3.05) is 25.5 Å². The van der Waals surface area contributed by atoms with Crippen LogP contribution in [0.25, 0.3) is 0 Å². The Kier molecular flexibility index (Phi) is 4.04. The van der Waals surface area contributed by atoms with Crippen LogP contribution in [0.3, 0.4) is 0 Å². The summed E-state index contributed by atoms with van der Waals surface area (Å²) in [5.74, 6) is 0.0706. The zero-order chi connectivity index (χ0) is 14.9. The number of nitrogens with zero attached hydrogens (tertiary/aromatic N) is 1. The fraction of sp³-hybridized carbons (Fsp3) is 0.562. The number of amides is 1. The summed E-state index contributed by atoms with van der Waals surface area (Å²) in [7, 11) is 1.84. The van der Waals surface area contributed by atoms with Crippen LogP contribution in [0.15, 0.2) is 18.2 Å². The first-order valence-electron chi connectivity index (χ1n) is 7.08. The first-order chi connectivity index (χ1) is 9.32. The van der Waals surface area contributed by atoms with E-state index in [2.05, 4.69) is 5.32 Å². The Morgan fingerprint density at radius 2 is 2.15 bits per heavy atom. The molecule has 1 saturated heterocycles. The molecule has 20 heavy (non-hydrogen) atoms. The zero-order valence-electron chi connectivity index (χ0n) is 13.0. The molecule has 0 aliphatic carbocycles. The number of benzene rings is 1. The predicted octanol–water partition coefficient (Wildman–Crippen LogP) is 2.68. The molecule has 4 heteroatoms. The number of carbonyl (C=O) groups is 1. The third-order valence-electron chi connectivity index (χ3n) is 3.53. The van der Waals surface area contributed by atoms with Gasteiger partial charge in [0.2, 0.25) is 0 Å². The fourth-order valence-corrected chi connectivity index (χ4v) is 2.83. The lowest BCUT2D eigenvalue weighted by Gasteiger charge is -2.41. The molecule has 2 rings (SSSR count). The molecule has 0 aromatic heterocycles. The predicted molar refractivity (Wildman–Crippen MR) is 81.3 cm³/mol. The SMILES string of the molecule is CNc1ccc(C)cc1C(=O)N1CC(C)OC(C)(C)C1. The Morgan fingerprint density at radius 1 is 1.45 bits per heavy atom. The van der Waals surface area contributed by atoms with Crippen molar-refractivity contribution >= 4 is 11.6 Å². The van der Waals surface area contributed by atoms with Gasteiger partial charge >= 0.3 is 0 Å². The molecule has 1 aliphatic rings. The molecular formula is C16H24N2O2. The van der Waals surface area contributed by atoms with Gasteiger partial charge < -0.3 is 15.0 Å².